The van der Waals surface area contributed by atoms with Gasteiger partial charge in [0.25, 0.3) is 0 Å². The summed E-state index contributed by atoms with van der Waals surface area (Å²) >= 11 is 0. The highest BCUT2D eigenvalue weighted by Gasteiger charge is 2.42. The zero-order chi connectivity index (χ0) is 36.9. The molecule has 0 bridgehead atoms. The lowest BCUT2D eigenvalue weighted by atomic mass is 9.79. The van der Waals surface area contributed by atoms with Crippen LogP contribution in [-0.4, -0.2) is 50.2 Å². The van der Waals surface area contributed by atoms with Crippen molar-refractivity contribution in [1.82, 2.24) is 4.90 Å². The Bertz CT molecular complexity index is 1410. The van der Waals surface area contributed by atoms with Crippen LogP contribution in [0.1, 0.15) is 86.4 Å². The fraction of sp³-hybridized carbons (Fsp3) is 0.720. The van der Waals surface area contributed by atoms with Crippen LogP contribution < -0.4 is 15.2 Å². The Morgan fingerprint density at radius 2 is 2.23 bits per heavy atom. The van der Waals surface area contributed by atoms with Crippen molar-refractivity contribution in [2.45, 2.75) is 71.9 Å². The Balaban J connectivity index is 2.42. The van der Waals surface area contributed by atoms with E-state index in [4.69, 9.17) is 40.5 Å². The maximum absolute atomic E-state index is 13.4. The van der Waals surface area contributed by atoms with Gasteiger partial charge in [0.15, 0.2) is 11.5 Å². The molecule has 1 saturated heterocycles. The zero-order valence-electron chi connectivity index (χ0n) is 34.3. The second kappa shape index (κ2) is 9.37. The standard InChI is InChI=1S/C25H40N2O4/c1-15(2)10-17-14-27-9-8-16-11-21(29-6)22(30-7)12-18(16)19(27)13-20(17)31-24(28)23(26)25(3,4)5/h11-12,15,17,19-20,23H,8-10,13-14,26H2,1-7H3/t17?,19?,20?,23-/m1/s1/i1D3,6D3,8D2,9D2,10D2,11D,12D,15D,20D/t15?,17?,19?,20?,23-. The molecule has 1 fully saturated rings. The van der Waals surface area contributed by atoms with Crippen molar-refractivity contribution in [1.29, 1.82) is 0 Å². The van der Waals surface area contributed by atoms with E-state index in [9.17, 15) is 6.17 Å². The van der Waals surface area contributed by atoms with E-state index in [0.29, 0.717) is 0 Å². The monoisotopic (exact) mass is 448 g/mol. The van der Waals surface area contributed by atoms with E-state index in [1.54, 1.807) is 20.8 Å². The Morgan fingerprint density at radius 1 is 1.48 bits per heavy atom. The Morgan fingerprint density at radius 3 is 2.87 bits per heavy atom. The van der Waals surface area contributed by atoms with Crippen molar-refractivity contribution in [3.05, 3.63) is 23.2 Å². The van der Waals surface area contributed by atoms with Crippen LogP contribution in [-0.2, 0) is 15.9 Å². The van der Waals surface area contributed by atoms with Gasteiger partial charge in [-0.05, 0) is 47.3 Å². The Labute approximate surface area is 209 Å². The number of hydrogen-bond donors (Lipinski definition) is 1. The number of benzene rings is 1. The first-order valence-electron chi connectivity index (χ1n) is 17.9. The summed E-state index contributed by atoms with van der Waals surface area (Å²) in [4.78, 5) is 14.1. The fourth-order valence-corrected chi connectivity index (χ4v) is 3.47. The lowest BCUT2D eigenvalue weighted by molar-refractivity contribution is -0.161. The van der Waals surface area contributed by atoms with Gasteiger partial charge in [0.1, 0.15) is 12.1 Å². The number of methoxy groups -OCH3 is 2. The van der Waals surface area contributed by atoms with E-state index in [1.165, 1.54) is 0 Å². The van der Waals surface area contributed by atoms with Crippen molar-refractivity contribution in [2.24, 2.45) is 23.0 Å². The number of fused-ring (bicyclic) bond motifs is 3. The second-order valence-corrected chi connectivity index (χ2v) is 8.67. The normalized spacial score (nSPS) is 41.2. The zero-order valence-corrected chi connectivity index (χ0v) is 18.3. The molecule has 0 spiro atoms. The van der Waals surface area contributed by atoms with E-state index < -0.39 is 122 Å². The van der Waals surface area contributed by atoms with Gasteiger partial charge in [0, 0.05) is 45.1 Å². The van der Waals surface area contributed by atoms with Gasteiger partial charge in [0.05, 0.1) is 22.4 Å². The molecule has 6 nitrogen and oxygen atoms in total. The molecule has 2 N–H and O–H groups in total. The number of carbonyl (C=O) groups is 1. The predicted molar refractivity (Wildman–Crippen MR) is 122 cm³/mol. The molecule has 2 heterocycles. The van der Waals surface area contributed by atoms with Gasteiger partial charge in [0.2, 0.25) is 0 Å². The molecule has 0 radical (unpaired) electrons. The molecule has 0 aliphatic carbocycles. The lowest BCUT2D eigenvalue weighted by Crippen LogP contribution is -2.51. The molecule has 1 aromatic carbocycles. The molecule has 0 amide bonds. The molecule has 4 unspecified atom stereocenters. The molecule has 2 aliphatic heterocycles. The first-order valence-corrected chi connectivity index (χ1v) is 9.88. The van der Waals surface area contributed by atoms with Gasteiger partial charge in [-0.15, -0.1) is 0 Å². The average Bonchev–Trinajstić information content (AvgIpc) is 2.86. The first kappa shape index (κ1) is 10.4. The Hall–Kier alpha value is -1.79. The van der Waals surface area contributed by atoms with E-state index in [0.717, 1.165) is 18.9 Å². The van der Waals surface area contributed by atoms with Gasteiger partial charge >= 0.3 is 5.97 Å². The molecule has 3 rings (SSSR count). The molecule has 1 aromatic rings. The van der Waals surface area contributed by atoms with Crippen LogP contribution in [0.2, 0.25) is 0 Å². The highest BCUT2D eigenvalue weighted by Crippen LogP contribution is 2.44. The summed E-state index contributed by atoms with van der Waals surface area (Å²) in [5, 5.41) is 0. The molecule has 5 atom stereocenters. The van der Waals surface area contributed by atoms with Crippen LogP contribution in [0, 0.1) is 17.2 Å². The molecule has 0 saturated carbocycles. The van der Waals surface area contributed by atoms with Gasteiger partial charge in [-0.25, -0.2) is 0 Å². The number of ether oxygens (including phenoxy) is 3. The van der Waals surface area contributed by atoms with Crippen LogP contribution in [0.5, 0.6) is 11.5 Å². The third-order valence-electron chi connectivity index (χ3n) is 5.27. The van der Waals surface area contributed by atoms with Gasteiger partial charge in [-0.1, -0.05) is 34.5 Å². The van der Waals surface area contributed by atoms with Crippen LogP contribution in [0.4, 0.5) is 0 Å². The predicted octanol–water partition coefficient (Wildman–Crippen LogP) is 3.95. The number of piperidine rings is 1. The number of nitrogens with two attached hydrogens (primary N) is 1. The minimum Gasteiger partial charge on any atom is -0.493 e. The van der Waals surface area contributed by atoms with Crippen molar-refractivity contribution in [3.63, 3.8) is 0 Å². The molecular formula is C25H40N2O4. The summed E-state index contributed by atoms with van der Waals surface area (Å²) in [5.74, 6) is -7.76. The van der Waals surface area contributed by atoms with Gasteiger partial charge in [-0.2, -0.15) is 0 Å². The number of esters is 1. The lowest BCUT2D eigenvalue weighted by Gasteiger charge is -2.47. The fourth-order valence-electron chi connectivity index (χ4n) is 3.47. The second-order valence-electron chi connectivity index (χ2n) is 8.67. The Kier molecular flexibility index (Phi) is 3.15. The van der Waals surface area contributed by atoms with Crippen molar-refractivity contribution < 1.29 is 40.9 Å². The minimum absolute atomic E-state index is 0.443. The summed E-state index contributed by atoms with van der Waals surface area (Å²) in [7, 11) is -2.16. The quantitative estimate of drug-likeness (QED) is 0.664. The summed E-state index contributed by atoms with van der Waals surface area (Å²) < 4.78 is 151. The first-order chi connectivity index (χ1) is 20.7. The molecule has 6 heteroatoms. The van der Waals surface area contributed by atoms with Gasteiger partial charge in [-0.3, -0.25) is 9.69 Å². The summed E-state index contributed by atoms with van der Waals surface area (Å²) in [6.45, 7) is -1.97. The molecule has 2 aliphatic rings. The van der Waals surface area contributed by atoms with E-state index in [2.05, 4.69) is 0 Å². The highest BCUT2D eigenvalue weighted by molar-refractivity contribution is 5.76. The maximum Gasteiger partial charge on any atom is 0.323 e. The third-order valence-corrected chi connectivity index (χ3v) is 5.27. The summed E-state index contributed by atoms with van der Waals surface area (Å²) in [6, 6.07) is -4.70. The van der Waals surface area contributed by atoms with Crippen LogP contribution >= 0.6 is 0 Å². The largest absolute Gasteiger partial charge is 0.493 e. The number of carbonyl (C=O) groups excluding carboxylic acids is 1. The van der Waals surface area contributed by atoms with Crippen molar-refractivity contribution >= 4 is 5.97 Å². The smallest absolute Gasteiger partial charge is 0.323 e. The number of hydrogen-bond acceptors (Lipinski definition) is 6. The maximum atomic E-state index is 13.4. The third kappa shape index (κ3) is 5.17. The summed E-state index contributed by atoms with van der Waals surface area (Å²) in [6.07, 6.45) is -10.2. The van der Waals surface area contributed by atoms with Crippen molar-refractivity contribution in [2.75, 3.05) is 27.2 Å². The van der Waals surface area contributed by atoms with Gasteiger partial charge < -0.3 is 19.9 Å². The minimum atomic E-state index is -3.30. The molecule has 31 heavy (non-hydrogen) atoms. The average molecular weight is 449 g/mol. The molecular weight excluding hydrogens is 392 g/mol. The number of nitrogens with zero attached hydrogens (tertiary/aromatic N) is 1. The highest BCUT2D eigenvalue weighted by atomic mass is 16.5. The summed E-state index contributed by atoms with van der Waals surface area (Å²) in [5.41, 5.74) is 3.91. The van der Waals surface area contributed by atoms with Crippen LogP contribution in [0.25, 0.3) is 0 Å². The van der Waals surface area contributed by atoms with E-state index >= 15 is 0 Å². The van der Waals surface area contributed by atoms with E-state index in [-0.39, 0.29) is 0 Å². The van der Waals surface area contributed by atoms with Crippen LogP contribution in [0.3, 0.4) is 0 Å². The van der Waals surface area contributed by atoms with E-state index in [1.807, 2.05) is 0 Å². The molecule has 0 aromatic heterocycles. The topological polar surface area (TPSA) is 74.0 Å². The van der Waals surface area contributed by atoms with Crippen molar-refractivity contribution in [3.8, 4) is 11.5 Å². The SMILES string of the molecule is [2H]c1c(OC)c(OC([2H])([2H])[2H])c([2H])c2c1C1CC([2H])(OC(=O)[C@@H](N)C(C)(C)C)C(C([2H])([2H])C([2H])(C)C([2H])([2H])[2H])CN1C([2H])([2H])C2([2H])[2H]. The number of rotatable bonds is 6. The van der Waals surface area contributed by atoms with Crippen LogP contribution in [0.15, 0.2) is 12.1 Å². The molecule has 174 valence electrons.